The van der Waals surface area contributed by atoms with Crippen LogP contribution >= 0.6 is 0 Å². The number of hydrogen-bond donors (Lipinski definition) is 1. The molecule has 0 spiro atoms. The van der Waals surface area contributed by atoms with Gasteiger partial charge in [0.25, 0.3) is 0 Å². The Morgan fingerprint density at radius 1 is 1.29 bits per heavy atom. The van der Waals surface area contributed by atoms with Crippen molar-refractivity contribution in [2.45, 2.75) is 57.4 Å². The molecule has 0 atom stereocenters. The summed E-state index contributed by atoms with van der Waals surface area (Å²) >= 11 is 0. The maximum atomic E-state index is 11.9. The van der Waals surface area contributed by atoms with E-state index in [1.807, 2.05) is 6.92 Å². The van der Waals surface area contributed by atoms with Crippen molar-refractivity contribution < 1.29 is 4.79 Å². The third-order valence-corrected chi connectivity index (χ3v) is 3.08. The SMILES string of the molecule is C=C(C)CCC(=O)C1(N)CCCCC1. The molecule has 0 aromatic heterocycles. The Morgan fingerprint density at radius 2 is 1.86 bits per heavy atom. The van der Waals surface area contributed by atoms with Crippen LogP contribution in [-0.2, 0) is 4.79 Å². The standard InChI is InChI=1S/C12H21NO/c1-10(2)6-7-11(14)12(13)8-4-3-5-9-12/h1,3-9,13H2,2H3. The zero-order chi connectivity index (χ0) is 10.6. The van der Waals surface area contributed by atoms with Crippen LogP contribution in [0.25, 0.3) is 0 Å². The number of Topliss-reactive ketones (excluding diaryl/α,β-unsaturated/α-hetero) is 1. The van der Waals surface area contributed by atoms with Gasteiger partial charge < -0.3 is 5.73 Å². The monoisotopic (exact) mass is 195 g/mol. The van der Waals surface area contributed by atoms with Gasteiger partial charge in [-0.25, -0.2) is 0 Å². The predicted octanol–water partition coefficient (Wildman–Crippen LogP) is 2.57. The number of hydrogen-bond acceptors (Lipinski definition) is 2. The lowest BCUT2D eigenvalue weighted by Gasteiger charge is -2.31. The second-order valence-corrected chi connectivity index (χ2v) is 4.60. The molecular formula is C12H21NO. The highest BCUT2D eigenvalue weighted by molar-refractivity contribution is 5.88. The van der Waals surface area contributed by atoms with Gasteiger partial charge in [-0.1, -0.05) is 24.8 Å². The first-order valence-electron chi connectivity index (χ1n) is 5.51. The van der Waals surface area contributed by atoms with E-state index in [4.69, 9.17) is 5.73 Å². The Morgan fingerprint density at radius 3 is 2.36 bits per heavy atom. The maximum Gasteiger partial charge on any atom is 0.152 e. The van der Waals surface area contributed by atoms with Crippen molar-refractivity contribution in [2.24, 2.45) is 5.73 Å². The van der Waals surface area contributed by atoms with E-state index >= 15 is 0 Å². The van der Waals surface area contributed by atoms with Crippen LogP contribution < -0.4 is 5.73 Å². The molecule has 0 unspecified atom stereocenters. The lowest BCUT2D eigenvalue weighted by atomic mass is 9.78. The third kappa shape index (κ3) is 2.95. The van der Waals surface area contributed by atoms with Crippen molar-refractivity contribution in [3.63, 3.8) is 0 Å². The normalized spacial score (nSPS) is 20.4. The highest BCUT2D eigenvalue weighted by Gasteiger charge is 2.34. The Hall–Kier alpha value is -0.630. The smallest absolute Gasteiger partial charge is 0.152 e. The molecule has 0 aromatic carbocycles. The molecule has 2 nitrogen and oxygen atoms in total. The van der Waals surface area contributed by atoms with Crippen molar-refractivity contribution >= 4 is 5.78 Å². The first-order chi connectivity index (χ1) is 6.54. The van der Waals surface area contributed by atoms with Crippen molar-refractivity contribution in [2.75, 3.05) is 0 Å². The lowest BCUT2D eigenvalue weighted by molar-refractivity contribution is -0.125. The number of rotatable bonds is 4. The molecule has 80 valence electrons. The topological polar surface area (TPSA) is 43.1 Å². The molecule has 0 aromatic rings. The van der Waals surface area contributed by atoms with Crippen molar-refractivity contribution in [1.82, 2.24) is 0 Å². The molecule has 1 aliphatic carbocycles. The summed E-state index contributed by atoms with van der Waals surface area (Å²) < 4.78 is 0. The van der Waals surface area contributed by atoms with Crippen molar-refractivity contribution in [1.29, 1.82) is 0 Å². The van der Waals surface area contributed by atoms with Gasteiger partial charge in [-0.15, -0.1) is 6.58 Å². The fourth-order valence-electron chi connectivity index (χ4n) is 2.04. The highest BCUT2D eigenvalue weighted by Crippen LogP contribution is 2.28. The van der Waals surface area contributed by atoms with E-state index in [-0.39, 0.29) is 5.78 Å². The highest BCUT2D eigenvalue weighted by atomic mass is 16.1. The Bertz CT molecular complexity index is 226. The third-order valence-electron chi connectivity index (χ3n) is 3.08. The van der Waals surface area contributed by atoms with Gasteiger partial charge in [-0.2, -0.15) is 0 Å². The molecule has 1 aliphatic rings. The molecule has 0 saturated heterocycles. The van der Waals surface area contributed by atoms with Gasteiger partial charge in [-0.05, 0) is 26.2 Å². The summed E-state index contributed by atoms with van der Waals surface area (Å²) in [4.78, 5) is 11.9. The molecule has 14 heavy (non-hydrogen) atoms. The van der Waals surface area contributed by atoms with E-state index in [1.54, 1.807) is 0 Å². The number of carbonyl (C=O) groups is 1. The molecule has 1 saturated carbocycles. The zero-order valence-electron chi connectivity index (χ0n) is 9.14. The van der Waals surface area contributed by atoms with Crippen molar-refractivity contribution in [3.8, 4) is 0 Å². The number of ketones is 1. The van der Waals surface area contributed by atoms with Crippen molar-refractivity contribution in [3.05, 3.63) is 12.2 Å². The summed E-state index contributed by atoms with van der Waals surface area (Å²) in [5.41, 5.74) is 6.67. The molecule has 0 amide bonds. The van der Waals surface area contributed by atoms with Crippen LogP contribution in [0.3, 0.4) is 0 Å². The minimum Gasteiger partial charge on any atom is -0.319 e. The van der Waals surface area contributed by atoms with Gasteiger partial charge >= 0.3 is 0 Å². The number of nitrogens with two attached hydrogens (primary N) is 1. The summed E-state index contributed by atoms with van der Waals surface area (Å²) in [5.74, 6) is 0.236. The number of allylic oxidation sites excluding steroid dienone is 1. The van der Waals surface area contributed by atoms with Crippen LogP contribution in [0.4, 0.5) is 0 Å². The van der Waals surface area contributed by atoms with Crippen LogP contribution in [-0.4, -0.2) is 11.3 Å². The molecule has 0 aliphatic heterocycles. The fourth-order valence-corrected chi connectivity index (χ4v) is 2.04. The quantitative estimate of drug-likeness (QED) is 0.701. The van der Waals surface area contributed by atoms with E-state index in [9.17, 15) is 4.79 Å². The average Bonchev–Trinajstić information content (AvgIpc) is 2.15. The lowest BCUT2D eigenvalue weighted by Crippen LogP contribution is -2.49. The summed E-state index contributed by atoms with van der Waals surface area (Å²) in [6.07, 6.45) is 6.56. The molecule has 1 rings (SSSR count). The van der Waals surface area contributed by atoms with Crippen LogP contribution in [0.2, 0.25) is 0 Å². The van der Waals surface area contributed by atoms with Gasteiger partial charge in [0.2, 0.25) is 0 Å². The Kier molecular flexibility index (Phi) is 3.87. The van der Waals surface area contributed by atoms with E-state index in [1.165, 1.54) is 6.42 Å². The first-order valence-corrected chi connectivity index (χ1v) is 5.51. The summed E-state index contributed by atoms with van der Waals surface area (Å²) in [6.45, 7) is 5.76. The summed E-state index contributed by atoms with van der Waals surface area (Å²) in [7, 11) is 0. The molecule has 0 bridgehead atoms. The molecule has 2 N–H and O–H groups in total. The van der Waals surface area contributed by atoms with E-state index in [0.29, 0.717) is 6.42 Å². The van der Waals surface area contributed by atoms with E-state index in [0.717, 1.165) is 37.7 Å². The van der Waals surface area contributed by atoms with Gasteiger partial charge in [0, 0.05) is 6.42 Å². The van der Waals surface area contributed by atoms with Gasteiger partial charge in [0.1, 0.15) is 0 Å². The molecule has 1 fully saturated rings. The van der Waals surface area contributed by atoms with Crippen LogP contribution in [0, 0.1) is 0 Å². The minimum absolute atomic E-state index is 0.236. The van der Waals surface area contributed by atoms with Crippen LogP contribution in [0.1, 0.15) is 51.9 Å². The molecule has 2 heteroatoms. The second-order valence-electron chi connectivity index (χ2n) is 4.60. The largest absolute Gasteiger partial charge is 0.319 e. The van der Waals surface area contributed by atoms with Crippen LogP contribution in [0.5, 0.6) is 0 Å². The minimum atomic E-state index is -0.506. The van der Waals surface area contributed by atoms with E-state index < -0.39 is 5.54 Å². The maximum absolute atomic E-state index is 11.9. The Balaban J connectivity index is 2.45. The first kappa shape index (κ1) is 11.4. The van der Waals surface area contributed by atoms with E-state index in [2.05, 4.69) is 6.58 Å². The van der Waals surface area contributed by atoms with Gasteiger partial charge in [0.05, 0.1) is 5.54 Å². The molecule has 0 heterocycles. The van der Waals surface area contributed by atoms with Crippen LogP contribution in [0.15, 0.2) is 12.2 Å². The summed E-state index contributed by atoms with van der Waals surface area (Å²) in [6, 6.07) is 0. The summed E-state index contributed by atoms with van der Waals surface area (Å²) in [5, 5.41) is 0. The fraction of sp³-hybridized carbons (Fsp3) is 0.750. The average molecular weight is 195 g/mol. The predicted molar refractivity (Wildman–Crippen MR) is 59.1 cm³/mol. The molecule has 0 radical (unpaired) electrons. The zero-order valence-corrected chi connectivity index (χ0v) is 9.14. The molecular weight excluding hydrogens is 174 g/mol. The number of carbonyl (C=O) groups excluding carboxylic acids is 1. The Labute approximate surface area is 86.6 Å². The van der Waals surface area contributed by atoms with Gasteiger partial charge in [0.15, 0.2) is 5.78 Å². The second kappa shape index (κ2) is 4.74. The van der Waals surface area contributed by atoms with Gasteiger partial charge in [-0.3, -0.25) is 4.79 Å².